The number of carbonyl (C=O) groups is 1. The first-order chi connectivity index (χ1) is 7.20. The van der Waals surface area contributed by atoms with Crippen LogP contribution in [0.2, 0.25) is 0 Å². The van der Waals surface area contributed by atoms with Gasteiger partial charge in [0.25, 0.3) is 0 Å². The highest BCUT2D eigenvalue weighted by Crippen LogP contribution is 2.16. The number of rotatable bonds is 2. The zero-order valence-electron chi connectivity index (χ0n) is 8.51. The van der Waals surface area contributed by atoms with Gasteiger partial charge in [0.1, 0.15) is 0 Å². The highest BCUT2D eigenvalue weighted by atomic mass is 16.7. The van der Waals surface area contributed by atoms with Crippen LogP contribution in [0.25, 0.3) is 0 Å². The van der Waals surface area contributed by atoms with Crippen LogP contribution in [0.3, 0.4) is 0 Å². The van der Waals surface area contributed by atoms with E-state index in [1.54, 1.807) is 10.9 Å². The summed E-state index contributed by atoms with van der Waals surface area (Å²) < 4.78 is 6.24. The normalized spacial score (nSPS) is 19.6. The van der Waals surface area contributed by atoms with Gasteiger partial charge in [0.2, 0.25) is 6.10 Å². The molecule has 1 aliphatic rings. The van der Waals surface area contributed by atoms with Gasteiger partial charge < -0.3 is 9.57 Å². The van der Waals surface area contributed by atoms with E-state index in [0.717, 1.165) is 11.3 Å². The van der Waals surface area contributed by atoms with E-state index in [0.29, 0.717) is 6.42 Å². The molecule has 2 rings (SSSR count). The van der Waals surface area contributed by atoms with E-state index in [1.165, 1.54) is 7.11 Å². The largest absolute Gasteiger partial charge is 0.466 e. The maximum Gasteiger partial charge on any atom is 0.350 e. The average Bonchev–Trinajstić information content (AvgIpc) is 2.84. The van der Waals surface area contributed by atoms with Gasteiger partial charge in [0, 0.05) is 25.2 Å². The Morgan fingerprint density at radius 2 is 2.53 bits per heavy atom. The van der Waals surface area contributed by atoms with Crippen LogP contribution in [-0.2, 0) is 21.4 Å². The molecule has 15 heavy (non-hydrogen) atoms. The molecule has 0 radical (unpaired) electrons. The Bertz CT molecular complexity index is 410. The fraction of sp³-hybridized carbons (Fsp3) is 0.444. The fourth-order valence-corrected chi connectivity index (χ4v) is 1.38. The number of oxime groups is 1. The quantitative estimate of drug-likeness (QED) is 0.647. The van der Waals surface area contributed by atoms with Crippen molar-refractivity contribution in [3.8, 4) is 0 Å². The summed E-state index contributed by atoms with van der Waals surface area (Å²) in [7, 11) is 3.14. The molecule has 6 nitrogen and oxygen atoms in total. The third-order valence-electron chi connectivity index (χ3n) is 2.17. The minimum absolute atomic E-state index is 0.405. The first kappa shape index (κ1) is 9.70. The SMILES string of the molecule is COC(=O)[C@@H]1CC(c2cnn(C)c2)=NO1. The van der Waals surface area contributed by atoms with E-state index in [4.69, 9.17) is 4.84 Å². The minimum atomic E-state index is -0.620. The van der Waals surface area contributed by atoms with Crippen LogP contribution in [0.5, 0.6) is 0 Å². The molecule has 80 valence electrons. The summed E-state index contributed by atoms with van der Waals surface area (Å²) >= 11 is 0. The van der Waals surface area contributed by atoms with Crippen molar-refractivity contribution in [2.24, 2.45) is 12.2 Å². The summed E-state index contributed by atoms with van der Waals surface area (Å²) in [6.07, 6.45) is 3.31. The lowest BCUT2D eigenvalue weighted by molar-refractivity contribution is -0.152. The third kappa shape index (κ3) is 1.83. The molecule has 0 unspecified atom stereocenters. The molecule has 1 aliphatic heterocycles. The second kappa shape index (κ2) is 3.72. The molecule has 0 saturated heterocycles. The maximum absolute atomic E-state index is 11.2. The number of carbonyl (C=O) groups excluding carboxylic acids is 1. The van der Waals surface area contributed by atoms with E-state index in [9.17, 15) is 4.79 Å². The van der Waals surface area contributed by atoms with Gasteiger partial charge in [-0.2, -0.15) is 5.10 Å². The Kier molecular flexibility index (Phi) is 2.40. The third-order valence-corrected chi connectivity index (χ3v) is 2.17. The first-order valence-electron chi connectivity index (χ1n) is 4.50. The minimum Gasteiger partial charge on any atom is -0.466 e. The van der Waals surface area contributed by atoms with Gasteiger partial charge in [-0.3, -0.25) is 4.68 Å². The van der Waals surface area contributed by atoms with Crippen molar-refractivity contribution in [2.45, 2.75) is 12.5 Å². The summed E-state index contributed by atoms with van der Waals surface area (Å²) in [6, 6.07) is 0. The highest BCUT2D eigenvalue weighted by molar-refractivity contribution is 6.03. The van der Waals surface area contributed by atoms with Gasteiger partial charge >= 0.3 is 5.97 Å². The van der Waals surface area contributed by atoms with Crippen molar-refractivity contribution >= 4 is 11.7 Å². The summed E-state index contributed by atoms with van der Waals surface area (Å²) in [5.41, 5.74) is 1.59. The zero-order chi connectivity index (χ0) is 10.8. The second-order valence-corrected chi connectivity index (χ2v) is 3.26. The molecule has 1 atom stereocenters. The Balaban J connectivity index is 2.06. The standard InChI is InChI=1S/C9H11N3O3/c1-12-5-6(4-10-12)7-3-8(15-11-7)9(13)14-2/h4-5,8H,3H2,1-2H3/t8-/m0/s1. The molecule has 0 N–H and O–H groups in total. The van der Waals surface area contributed by atoms with E-state index in [-0.39, 0.29) is 0 Å². The van der Waals surface area contributed by atoms with Crippen LogP contribution in [-0.4, -0.2) is 34.7 Å². The maximum atomic E-state index is 11.2. The second-order valence-electron chi connectivity index (χ2n) is 3.26. The topological polar surface area (TPSA) is 65.7 Å². The van der Waals surface area contributed by atoms with E-state index >= 15 is 0 Å². The molecule has 0 bridgehead atoms. The number of hydrogen-bond donors (Lipinski definition) is 0. The number of aryl methyl sites for hydroxylation is 1. The predicted molar refractivity (Wildman–Crippen MR) is 51.3 cm³/mol. The molecule has 6 heteroatoms. The Morgan fingerprint density at radius 3 is 3.13 bits per heavy atom. The van der Waals surface area contributed by atoms with Gasteiger partial charge in [-0.05, 0) is 0 Å². The van der Waals surface area contributed by atoms with Crippen molar-refractivity contribution < 1.29 is 14.4 Å². The van der Waals surface area contributed by atoms with E-state index in [1.807, 2.05) is 13.2 Å². The van der Waals surface area contributed by atoms with Crippen molar-refractivity contribution in [1.29, 1.82) is 0 Å². The number of aromatic nitrogens is 2. The summed E-state index contributed by atoms with van der Waals surface area (Å²) in [5, 5.41) is 7.85. The molecule has 1 aromatic heterocycles. The molecule has 1 aromatic rings. The van der Waals surface area contributed by atoms with Crippen molar-refractivity contribution in [2.75, 3.05) is 7.11 Å². The van der Waals surface area contributed by atoms with Crippen LogP contribution < -0.4 is 0 Å². The van der Waals surface area contributed by atoms with Crippen molar-refractivity contribution in [3.05, 3.63) is 18.0 Å². The summed E-state index contributed by atoms with van der Waals surface area (Å²) in [5.74, 6) is -0.405. The van der Waals surface area contributed by atoms with Crippen LogP contribution in [0.4, 0.5) is 0 Å². The number of ether oxygens (including phenoxy) is 1. The van der Waals surface area contributed by atoms with Gasteiger partial charge in [0.15, 0.2) is 0 Å². The number of esters is 1. The molecule has 0 amide bonds. The Morgan fingerprint density at radius 1 is 1.73 bits per heavy atom. The summed E-state index contributed by atoms with van der Waals surface area (Å²) in [4.78, 5) is 16.1. The average molecular weight is 209 g/mol. The molecular weight excluding hydrogens is 198 g/mol. The molecule has 0 spiro atoms. The Labute approximate surface area is 86.5 Å². The molecule has 0 aromatic carbocycles. The number of nitrogens with zero attached hydrogens (tertiary/aromatic N) is 3. The number of methoxy groups -OCH3 is 1. The summed E-state index contributed by atoms with van der Waals surface area (Å²) in [6.45, 7) is 0. The van der Waals surface area contributed by atoms with E-state index < -0.39 is 12.1 Å². The lowest BCUT2D eigenvalue weighted by Gasteiger charge is -2.03. The van der Waals surface area contributed by atoms with Gasteiger partial charge in [-0.1, -0.05) is 5.16 Å². The molecule has 0 fully saturated rings. The smallest absolute Gasteiger partial charge is 0.350 e. The van der Waals surface area contributed by atoms with Crippen molar-refractivity contribution in [3.63, 3.8) is 0 Å². The highest BCUT2D eigenvalue weighted by Gasteiger charge is 2.29. The fourth-order valence-electron chi connectivity index (χ4n) is 1.38. The van der Waals surface area contributed by atoms with Crippen LogP contribution in [0, 0.1) is 0 Å². The zero-order valence-corrected chi connectivity index (χ0v) is 8.51. The van der Waals surface area contributed by atoms with E-state index in [2.05, 4.69) is 15.0 Å². The van der Waals surface area contributed by atoms with Gasteiger partial charge in [-0.25, -0.2) is 4.79 Å². The first-order valence-corrected chi connectivity index (χ1v) is 4.50. The molecule has 0 aliphatic carbocycles. The van der Waals surface area contributed by atoms with Gasteiger partial charge in [-0.15, -0.1) is 0 Å². The lowest BCUT2D eigenvalue weighted by atomic mass is 10.1. The van der Waals surface area contributed by atoms with Crippen LogP contribution in [0.15, 0.2) is 17.5 Å². The van der Waals surface area contributed by atoms with Gasteiger partial charge in [0.05, 0.1) is 19.0 Å². The molecule has 2 heterocycles. The monoisotopic (exact) mass is 209 g/mol. The molecule has 0 saturated carbocycles. The van der Waals surface area contributed by atoms with Crippen LogP contribution >= 0.6 is 0 Å². The van der Waals surface area contributed by atoms with Crippen LogP contribution in [0.1, 0.15) is 12.0 Å². The Hall–Kier alpha value is -1.85. The lowest BCUT2D eigenvalue weighted by Crippen LogP contribution is -2.22. The molecular formula is C9H11N3O3. The predicted octanol–water partition coefficient (Wildman–Crippen LogP) is 0.0861. The number of hydrogen-bond acceptors (Lipinski definition) is 5. The van der Waals surface area contributed by atoms with Crippen molar-refractivity contribution in [1.82, 2.24) is 9.78 Å².